The Kier molecular flexibility index (Phi) is 2.69. The highest BCUT2D eigenvalue weighted by Gasteiger charge is 2.41. The summed E-state index contributed by atoms with van der Waals surface area (Å²) in [7, 11) is 2.00. The Labute approximate surface area is 73.1 Å². The molecule has 1 aliphatic heterocycles. The normalized spacial score (nSPS) is 30.8. The van der Waals surface area contributed by atoms with Gasteiger partial charge >= 0.3 is 0 Å². The van der Waals surface area contributed by atoms with Crippen LogP contribution >= 0.6 is 0 Å². The third-order valence-corrected chi connectivity index (χ3v) is 2.45. The fourth-order valence-corrected chi connectivity index (χ4v) is 1.77. The van der Waals surface area contributed by atoms with Gasteiger partial charge in [-0.2, -0.15) is 0 Å². The summed E-state index contributed by atoms with van der Waals surface area (Å²) in [5, 5.41) is 3.17. The fourth-order valence-electron chi connectivity index (χ4n) is 1.77. The van der Waals surface area contributed by atoms with Crippen LogP contribution in [0.25, 0.3) is 0 Å². The highest BCUT2D eigenvalue weighted by molar-refractivity contribution is 5.85. The van der Waals surface area contributed by atoms with Crippen LogP contribution in [0.1, 0.15) is 13.3 Å². The van der Waals surface area contributed by atoms with Crippen LogP contribution in [-0.2, 0) is 4.79 Å². The first-order chi connectivity index (χ1) is 5.60. The number of likely N-dealkylation sites (tertiary alicyclic amines) is 1. The monoisotopic (exact) mass is 171 g/mol. The second-order valence-corrected chi connectivity index (χ2v) is 3.46. The first-order valence-corrected chi connectivity index (χ1v) is 4.34. The van der Waals surface area contributed by atoms with E-state index in [1.807, 2.05) is 14.0 Å². The predicted octanol–water partition coefficient (Wildman–Crippen LogP) is -0.844. The molecule has 70 valence electrons. The lowest BCUT2D eigenvalue weighted by Gasteiger charge is -2.25. The SMILES string of the molecule is CCNC1(C(N)=O)CCN(C)C1. The van der Waals surface area contributed by atoms with E-state index < -0.39 is 5.54 Å². The largest absolute Gasteiger partial charge is 0.368 e. The molecule has 1 saturated heterocycles. The number of hydrogen-bond donors (Lipinski definition) is 2. The molecule has 0 bridgehead atoms. The summed E-state index contributed by atoms with van der Waals surface area (Å²) < 4.78 is 0. The molecule has 1 unspecified atom stereocenters. The van der Waals surface area contributed by atoms with Gasteiger partial charge in [0, 0.05) is 13.1 Å². The summed E-state index contributed by atoms with van der Waals surface area (Å²) in [6.07, 6.45) is 0.826. The molecular formula is C8H17N3O. The van der Waals surface area contributed by atoms with Crippen molar-refractivity contribution < 1.29 is 4.79 Å². The summed E-state index contributed by atoms with van der Waals surface area (Å²) >= 11 is 0. The molecule has 1 aliphatic rings. The standard InChI is InChI=1S/C8H17N3O/c1-3-10-8(7(9)12)4-5-11(2)6-8/h10H,3-6H2,1-2H3,(H2,9,12). The number of primary amides is 1. The van der Waals surface area contributed by atoms with E-state index in [9.17, 15) is 4.79 Å². The van der Waals surface area contributed by atoms with E-state index in [-0.39, 0.29) is 5.91 Å². The maximum Gasteiger partial charge on any atom is 0.239 e. The Morgan fingerprint density at radius 3 is 2.75 bits per heavy atom. The lowest BCUT2D eigenvalue weighted by molar-refractivity contribution is -0.123. The molecule has 0 spiro atoms. The Bertz CT molecular complexity index is 179. The second-order valence-electron chi connectivity index (χ2n) is 3.46. The number of amides is 1. The number of nitrogens with two attached hydrogens (primary N) is 1. The summed E-state index contributed by atoms with van der Waals surface area (Å²) in [6.45, 7) is 4.45. The Morgan fingerprint density at radius 2 is 2.42 bits per heavy atom. The van der Waals surface area contributed by atoms with E-state index in [1.165, 1.54) is 0 Å². The molecule has 1 amide bonds. The van der Waals surface area contributed by atoms with Crippen molar-refractivity contribution in [3.63, 3.8) is 0 Å². The van der Waals surface area contributed by atoms with Gasteiger partial charge in [0.1, 0.15) is 5.54 Å². The zero-order chi connectivity index (χ0) is 9.19. The molecule has 12 heavy (non-hydrogen) atoms. The minimum atomic E-state index is -0.469. The smallest absolute Gasteiger partial charge is 0.239 e. The Balaban J connectivity index is 2.67. The third-order valence-electron chi connectivity index (χ3n) is 2.45. The molecule has 0 aromatic carbocycles. The fraction of sp³-hybridized carbons (Fsp3) is 0.875. The average Bonchev–Trinajstić information content (AvgIpc) is 2.34. The van der Waals surface area contributed by atoms with Crippen molar-refractivity contribution in [3.8, 4) is 0 Å². The number of nitrogens with one attached hydrogen (secondary N) is 1. The van der Waals surface area contributed by atoms with Crippen molar-refractivity contribution in [3.05, 3.63) is 0 Å². The van der Waals surface area contributed by atoms with E-state index in [4.69, 9.17) is 5.73 Å². The van der Waals surface area contributed by atoms with Crippen molar-refractivity contribution in [2.45, 2.75) is 18.9 Å². The number of nitrogens with zero attached hydrogens (tertiary/aromatic N) is 1. The van der Waals surface area contributed by atoms with Gasteiger partial charge in [-0.05, 0) is 20.0 Å². The number of rotatable bonds is 3. The molecule has 1 fully saturated rings. The van der Waals surface area contributed by atoms with Gasteiger partial charge in [-0.3, -0.25) is 4.79 Å². The highest BCUT2D eigenvalue weighted by atomic mass is 16.1. The first kappa shape index (κ1) is 9.48. The van der Waals surface area contributed by atoms with Crippen molar-refractivity contribution >= 4 is 5.91 Å². The molecule has 0 aromatic rings. The van der Waals surface area contributed by atoms with Crippen LogP contribution in [0.4, 0.5) is 0 Å². The van der Waals surface area contributed by atoms with Crippen LogP contribution in [0.2, 0.25) is 0 Å². The Morgan fingerprint density at radius 1 is 1.75 bits per heavy atom. The average molecular weight is 171 g/mol. The van der Waals surface area contributed by atoms with Gasteiger partial charge in [0.25, 0.3) is 0 Å². The predicted molar refractivity (Wildman–Crippen MR) is 47.7 cm³/mol. The van der Waals surface area contributed by atoms with E-state index in [1.54, 1.807) is 0 Å². The molecule has 4 nitrogen and oxygen atoms in total. The molecule has 1 heterocycles. The third kappa shape index (κ3) is 1.59. The molecule has 0 aliphatic carbocycles. The number of carbonyl (C=O) groups is 1. The van der Waals surface area contributed by atoms with Crippen LogP contribution in [0, 0.1) is 0 Å². The first-order valence-electron chi connectivity index (χ1n) is 4.34. The minimum absolute atomic E-state index is 0.228. The number of carbonyl (C=O) groups excluding carboxylic acids is 1. The molecule has 1 atom stereocenters. The summed E-state index contributed by atoms with van der Waals surface area (Å²) in [4.78, 5) is 13.3. The number of likely N-dealkylation sites (N-methyl/N-ethyl adjacent to an activating group) is 2. The second kappa shape index (κ2) is 3.41. The van der Waals surface area contributed by atoms with Crippen LogP contribution in [-0.4, -0.2) is 43.0 Å². The topological polar surface area (TPSA) is 58.4 Å². The summed E-state index contributed by atoms with van der Waals surface area (Å²) in [5.41, 5.74) is 4.88. The summed E-state index contributed by atoms with van der Waals surface area (Å²) in [6, 6.07) is 0. The minimum Gasteiger partial charge on any atom is -0.368 e. The van der Waals surface area contributed by atoms with Crippen LogP contribution < -0.4 is 11.1 Å². The van der Waals surface area contributed by atoms with Crippen molar-refractivity contribution in [2.24, 2.45) is 5.73 Å². The zero-order valence-electron chi connectivity index (χ0n) is 7.76. The quantitative estimate of drug-likeness (QED) is 0.582. The molecule has 0 saturated carbocycles. The lowest BCUT2D eigenvalue weighted by Crippen LogP contribution is -2.56. The molecule has 0 radical (unpaired) electrons. The Hall–Kier alpha value is -0.610. The van der Waals surface area contributed by atoms with Gasteiger partial charge in [0.15, 0.2) is 0 Å². The highest BCUT2D eigenvalue weighted by Crippen LogP contribution is 2.19. The van der Waals surface area contributed by atoms with E-state index in [2.05, 4.69) is 10.2 Å². The number of hydrogen-bond acceptors (Lipinski definition) is 3. The molecule has 4 heteroatoms. The molecular weight excluding hydrogens is 154 g/mol. The van der Waals surface area contributed by atoms with Gasteiger partial charge in [-0.25, -0.2) is 0 Å². The molecule has 3 N–H and O–H groups in total. The molecule has 0 aromatic heterocycles. The van der Waals surface area contributed by atoms with Crippen LogP contribution in [0.3, 0.4) is 0 Å². The van der Waals surface area contributed by atoms with Crippen LogP contribution in [0.5, 0.6) is 0 Å². The lowest BCUT2D eigenvalue weighted by atomic mass is 9.98. The van der Waals surface area contributed by atoms with Crippen molar-refractivity contribution in [1.29, 1.82) is 0 Å². The van der Waals surface area contributed by atoms with Gasteiger partial charge in [0.2, 0.25) is 5.91 Å². The maximum absolute atomic E-state index is 11.2. The van der Waals surface area contributed by atoms with E-state index in [0.29, 0.717) is 0 Å². The van der Waals surface area contributed by atoms with Gasteiger partial charge in [-0.15, -0.1) is 0 Å². The van der Waals surface area contributed by atoms with Crippen molar-refractivity contribution in [1.82, 2.24) is 10.2 Å². The zero-order valence-corrected chi connectivity index (χ0v) is 7.76. The van der Waals surface area contributed by atoms with Crippen LogP contribution in [0.15, 0.2) is 0 Å². The molecule has 1 rings (SSSR count). The van der Waals surface area contributed by atoms with Gasteiger partial charge in [-0.1, -0.05) is 6.92 Å². The maximum atomic E-state index is 11.2. The van der Waals surface area contributed by atoms with Gasteiger partial charge in [0.05, 0.1) is 0 Å². The summed E-state index contributed by atoms with van der Waals surface area (Å²) in [5.74, 6) is -0.228. The van der Waals surface area contributed by atoms with Crippen molar-refractivity contribution in [2.75, 3.05) is 26.7 Å². The van der Waals surface area contributed by atoms with E-state index in [0.717, 1.165) is 26.1 Å². The van der Waals surface area contributed by atoms with Gasteiger partial charge < -0.3 is 16.0 Å². The van der Waals surface area contributed by atoms with E-state index >= 15 is 0 Å².